The Morgan fingerprint density at radius 3 is 1.87 bits per heavy atom. The molecule has 1 amide bonds. The molecule has 0 aliphatic rings. The average Bonchev–Trinajstić information content (AvgIpc) is 2.70. The Balaban J connectivity index is 1.78. The van der Waals surface area contributed by atoms with Crippen molar-refractivity contribution in [1.82, 2.24) is 4.90 Å². The van der Waals surface area contributed by atoms with E-state index >= 15 is 0 Å². The number of anilines is 1. The molecule has 0 aliphatic heterocycles. The van der Waals surface area contributed by atoms with Crippen molar-refractivity contribution in [2.24, 2.45) is 0 Å². The average molecular weight is 433 g/mol. The van der Waals surface area contributed by atoms with Crippen LogP contribution in [-0.4, -0.2) is 17.4 Å². The third kappa shape index (κ3) is 6.08. The maximum atomic E-state index is 13.3. The number of carbonyl (C=O) groups is 1. The maximum absolute atomic E-state index is 13.3. The van der Waals surface area contributed by atoms with Crippen LogP contribution in [-0.2, 0) is 24.1 Å². The number of hydrogen-bond donors (Lipinski definition) is 1. The van der Waals surface area contributed by atoms with Gasteiger partial charge >= 0.3 is 6.18 Å². The van der Waals surface area contributed by atoms with Gasteiger partial charge in [0.05, 0.1) is 22.8 Å². The number of halogens is 4. The van der Waals surface area contributed by atoms with Crippen LogP contribution in [0.3, 0.4) is 0 Å². The molecule has 0 unspecified atom stereocenters. The zero-order valence-corrected chi connectivity index (χ0v) is 16.8. The van der Waals surface area contributed by atoms with Gasteiger partial charge in [0, 0.05) is 13.1 Å². The third-order valence-corrected chi connectivity index (χ3v) is 4.76. The summed E-state index contributed by atoms with van der Waals surface area (Å²) in [4.78, 5) is 14.5. The van der Waals surface area contributed by atoms with Gasteiger partial charge in [0.25, 0.3) is 0 Å². The van der Waals surface area contributed by atoms with Gasteiger partial charge in [0.1, 0.15) is 0 Å². The molecule has 7 heteroatoms. The molecule has 1 N–H and O–H groups in total. The van der Waals surface area contributed by atoms with Crippen LogP contribution >= 0.6 is 11.6 Å². The van der Waals surface area contributed by atoms with E-state index in [4.69, 9.17) is 11.6 Å². The second-order valence-electron chi connectivity index (χ2n) is 6.82. The van der Waals surface area contributed by atoms with Crippen LogP contribution in [0.15, 0.2) is 78.9 Å². The van der Waals surface area contributed by atoms with E-state index < -0.39 is 23.3 Å². The lowest BCUT2D eigenvalue weighted by molar-refractivity contribution is -0.137. The smallest absolute Gasteiger partial charge is 0.323 e. The Bertz CT molecular complexity index is 937. The van der Waals surface area contributed by atoms with Gasteiger partial charge in [-0.1, -0.05) is 78.3 Å². The maximum Gasteiger partial charge on any atom is 0.418 e. The van der Waals surface area contributed by atoms with E-state index in [2.05, 4.69) is 5.32 Å². The van der Waals surface area contributed by atoms with E-state index in [1.54, 1.807) is 0 Å². The third-order valence-electron chi connectivity index (χ3n) is 4.45. The molecular weight excluding hydrogens is 413 g/mol. The monoisotopic (exact) mass is 432 g/mol. The first-order valence-corrected chi connectivity index (χ1v) is 9.66. The standard InChI is InChI=1S/C23H20ClF3N2O/c24-20-13-7-12-19(23(25,26)27)22(20)28-21(30)16-29(14-17-8-3-1-4-9-17)15-18-10-5-2-6-11-18/h1-13H,14-16H2,(H,28,30). The zero-order chi connectivity index (χ0) is 21.6. The molecule has 3 nitrogen and oxygen atoms in total. The van der Waals surface area contributed by atoms with E-state index in [-0.39, 0.29) is 11.6 Å². The Labute approximate surface area is 178 Å². The van der Waals surface area contributed by atoms with Crippen molar-refractivity contribution in [1.29, 1.82) is 0 Å². The van der Waals surface area contributed by atoms with Crippen molar-refractivity contribution in [2.45, 2.75) is 19.3 Å². The molecule has 0 aliphatic carbocycles. The van der Waals surface area contributed by atoms with Gasteiger partial charge in [0.2, 0.25) is 5.91 Å². The summed E-state index contributed by atoms with van der Waals surface area (Å²) >= 11 is 5.95. The molecule has 0 fully saturated rings. The van der Waals surface area contributed by atoms with Gasteiger partial charge < -0.3 is 5.32 Å². The van der Waals surface area contributed by atoms with Gasteiger partial charge in [0.15, 0.2) is 0 Å². The van der Waals surface area contributed by atoms with Crippen LogP contribution < -0.4 is 5.32 Å². The van der Waals surface area contributed by atoms with Crippen LogP contribution in [0.1, 0.15) is 16.7 Å². The number of alkyl halides is 3. The van der Waals surface area contributed by atoms with Crippen molar-refractivity contribution in [3.8, 4) is 0 Å². The molecule has 0 bridgehead atoms. The van der Waals surface area contributed by atoms with Crippen LogP contribution in [0.4, 0.5) is 18.9 Å². The summed E-state index contributed by atoms with van der Waals surface area (Å²) in [6.07, 6.45) is -4.62. The number of hydrogen-bond acceptors (Lipinski definition) is 2. The Hall–Kier alpha value is -2.83. The van der Waals surface area contributed by atoms with Gasteiger partial charge in [-0.2, -0.15) is 13.2 Å². The highest BCUT2D eigenvalue weighted by Gasteiger charge is 2.34. The number of para-hydroxylation sites is 1. The highest BCUT2D eigenvalue weighted by atomic mass is 35.5. The fraction of sp³-hybridized carbons (Fsp3) is 0.174. The fourth-order valence-electron chi connectivity index (χ4n) is 3.12. The summed E-state index contributed by atoms with van der Waals surface area (Å²) in [5, 5.41) is 2.20. The number of amides is 1. The SMILES string of the molecule is O=C(CN(Cc1ccccc1)Cc1ccccc1)Nc1c(Cl)cccc1C(F)(F)F. The second-order valence-corrected chi connectivity index (χ2v) is 7.23. The highest BCUT2D eigenvalue weighted by molar-refractivity contribution is 6.34. The molecule has 3 aromatic rings. The molecule has 0 heterocycles. The van der Waals surface area contributed by atoms with E-state index in [1.807, 2.05) is 65.6 Å². The predicted molar refractivity (Wildman–Crippen MR) is 112 cm³/mol. The van der Waals surface area contributed by atoms with Crippen LogP contribution in [0.25, 0.3) is 0 Å². The summed E-state index contributed by atoms with van der Waals surface area (Å²) in [5.74, 6) is -0.569. The summed E-state index contributed by atoms with van der Waals surface area (Å²) in [7, 11) is 0. The largest absolute Gasteiger partial charge is 0.418 e. The molecule has 3 rings (SSSR count). The van der Waals surface area contributed by atoms with E-state index in [9.17, 15) is 18.0 Å². The molecule has 0 spiro atoms. The molecule has 0 saturated carbocycles. The number of nitrogens with zero attached hydrogens (tertiary/aromatic N) is 1. The number of carbonyl (C=O) groups excluding carboxylic acids is 1. The number of rotatable bonds is 7. The number of benzene rings is 3. The molecular formula is C23H20ClF3N2O. The normalized spacial score (nSPS) is 11.5. The highest BCUT2D eigenvalue weighted by Crippen LogP contribution is 2.38. The van der Waals surface area contributed by atoms with E-state index in [0.29, 0.717) is 13.1 Å². The van der Waals surface area contributed by atoms with Crippen LogP contribution in [0.5, 0.6) is 0 Å². The minimum atomic E-state index is -4.62. The Kier molecular flexibility index (Phi) is 7.13. The first-order chi connectivity index (χ1) is 14.3. The fourth-order valence-corrected chi connectivity index (χ4v) is 3.34. The second kappa shape index (κ2) is 9.78. The molecule has 0 atom stereocenters. The molecule has 3 aromatic carbocycles. The molecule has 0 radical (unpaired) electrons. The van der Waals surface area contributed by atoms with Crippen molar-refractivity contribution in [3.63, 3.8) is 0 Å². The lowest BCUT2D eigenvalue weighted by Crippen LogP contribution is -2.33. The molecule has 30 heavy (non-hydrogen) atoms. The topological polar surface area (TPSA) is 32.3 Å². The van der Waals surface area contributed by atoms with Gasteiger partial charge in [-0.3, -0.25) is 9.69 Å². The zero-order valence-electron chi connectivity index (χ0n) is 16.0. The first kappa shape index (κ1) is 21.9. The van der Waals surface area contributed by atoms with E-state index in [0.717, 1.165) is 17.2 Å². The first-order valence-electron chi connectivity index (χ1n) is 9.28. The van der Waals surface area contributed by atoms with Crippen molar-refractivity contribution < 1.29 is 18.0 Å². The Morgan fingerprint density at radius 1 is 0.833 bits per heavy atom. The molecule has 0 aromatic heterocycles. The van der Waals surface area contributed by atoms with Crippen molar-refractivity contribution in [3.05, 3.63) is 101 Å². The lowest BCUT2D eigenvalue weighted by Gasteiger charge is -2.23. The molecule has 0 saturated heterocycles. The van der Waals surface area contributed by atoms with Crippen molar-refractivity contribution in [2.75, 3.05) is 11.9 Å². The quantitative estimate of drug-likeness (QED) is 0.496. The van der Waals surface area contributed by atoms with E-state index in [1.165, 1.54) is 12.1 Å². The van der Waals surface area contributed by atoms with Crippen molar-refractivity contribution >= 4 is 23.2 Å². The summed E-state index contributed by atoms with van der Waals surface area (Å²) < 4.78 is 39.9. The van der Waals surface area contributed by atoms with Gasteiger partial charge in [-0.15, -0.1) is 0 Å². The molecule has 156 valence electrons. The summed E-state index contributed by atoms with van der Waals surface area (Å²) in [6.45, 7) is 0.849. The summed E-state index contributed by atoms with van der Waals surface area (Å²) in [5.41, 5.74) is 0.599. The lowest BCUT2D eigenvalue weighted by atomic mass is 10.1. The number of nitrogens with one attached hydrogen (secondary N) is 1. The Morgan fingerprint density at radius 2 is 1.37 bits per heavy atom. The summed E-state index contributed by atoms with van der Waals surface area (Å²) in [6, 6.07) is 22.6. The predicted octanol–water partition coefficient (Wildman–Crippen LogP) is 6.00. The van der Waals surface area contributed by atoms with Crippen LogP contribution in [0, 0.1) is 0 Å². The minimum absolute atomic E-state index is 0.0910. The van der Waals surface area contributed by atoms with Crippen LogP contribution in [0.2, 0.25) is 5.02 Å². The minimum Gasteiger partial charge on any atom is -0.323 e. The van der Waals surface area contributed by atoms with Gasteiger partial charge in [-0.05, 0) is 23.3 Å². The van der Waals surface area contributed by atoms with Gasteiger partial charge in [-0.25, -0.2) is 0 Å².